The maximum Gasteiger partial charge on any atom is 2.00 e. The van der Waals surface area contributed by atoms with Crippen LogP contribution in [0, 0.1) is 20.8 Å². The second-order valence-electron chi connectivity index (χ2n) is 0.671. The van der Waals surface area contributed by atoms with E-state index in [1.165, 1.54) is 0 Å². The molecule has 0 amide bonds. The van der Waals surface area contributed by atoms with Crippen molar-refractivity contribution in [3.8, 4) is 0 Å². The molecule has 0 saturated heterocycles. The molecule has 77 valence electrons. The third kappa shape index (κ3) is 99.3. The molecule has 0 bridgehead atoms. The molecule has 0 aliphatic carbocycles. The molecule has 0 atom stereocenters. The Hall–Kier alpha value is 4.05. The largest absolute Gasteiger partial charge is 2.00 e. The molecule has 8 heteroatoms. The van der Waals surface area contributed by atoms with Crippen LogP contribution in [-0.4, -0.2) is 13.1 Å². The van der Waals surface area contributed by atoms with Gasteiger partial charge in [0.2, 0.25) is 0 Å². The van der Waals surface area contributed by atoms with Crippen LogP contribution in [-0.2, 0) is 130 Å². The molecular formula is C6H13NV7. The summed E-state index contributed by atoms with van der Waals surface area (Å²) in [5.74, 6) is 0. The van der Waals surface area contributed by atoms with Gasteiger partial charge >= 0.3 is 37.1 Å². The predicted molar refractivity (Wildman–Crippen MR) is 34.8 cm³/mol. The molecule has 0 aromatic heterocycles. The van der Waals surface area contributed by atoms with Gasteiger partial charge in [-0.2, -0.15) is 6.92 Å². The van der Waals surface area contributed by atoms with Crippen molar-refractivity contribution in [3.63, 3.8) is 0 Å². The standard InChI is InChI=1S/C4H8N.C2H5.7V/c1-3-5-4-2;1-2;;;;;;;/h1-4H2;1H2,2H3;;;;;;;/q-3;-1;;;;;;2*+2. The van der Waals surface area contributed by atoms with Crippen LogP contribution in [0.5, 0.6) is 0 Å². The monoisotopic (exact) mass is 456 g/mol. The van der Waals surface area contributed by atoms with E-state index in [1.54, 1.807) is 6.92 Å². The topological polar surface area (TPSA) is 14.1 Å². The Bertz CT molecular complexity index is 25.7. The fourth-order valence-electron chi connectivity index (χ4n) is 0.112. The number of hydrogen-bond acceptors (Lipinski definition) is 0. The third-order valence-electron chi connectivity index (χ3n) is 0.316. The Balaban J connectivity index is -0.00000000377. The minimum Gasteiger partial charge on any atom is -0.715 e. The van der Waals surface area contributed by atoms with Gasteiger partial charge in [0.15, 0.2) is 0 Å². The van der Waals surface area contributed by atoms with Gasteiger partial charge in [0.25, 0.3) is 0 Å². The molecule has 0 spiro atoms. The first-order chi connectivity index (χ1) is 3.41. The molecule has 0 aromatic carbocycles. The first-order valence-electron chi connectivity index (χ1n) is 2.34. The molecule has 0 fully saturated rings. The van der Waals surface area contributed by atoms with Crippen molar-refractivity contribution >= 4 is 0 Å². The van der Waals surface area contributed by atoms with E-state index in [0.29, 0.717) is 13.1 Å². The van der Waals surface area contributed by atoms with Crippen LogP contribution < -0.4 is 0 Å². The summed E-state index contributed by atoms with van der Waals surface area (Å²) >= 11 is 0. The molecule has 0 rings (SSSR count). The predicted octanol–water partition coefficient (Wildman–Crippen LogP) is 1.85. The van der Waals surface area contributed by atoms with Crippen molar-refractivity contribution in [3.05, 3.63) is 26.1 Å². The zero-order valence-electron chi connectivity index (χ0n) is 8.11. The van der Waals surface area contributed by atoms with E-state index in [2.05, 4.69) is 26.1 Å². The first-order valence-corrected chi connectivity index (χ1v) is 2.34. The van der Waals surface area contributed by atoms with Crippen molar-refractivity contribution in [1.82, 2.24) is 0 Å². The zero-order valence-corrected chi connectivity index (χ0v) is 17.9. The van der Waals surface area contributed by atoms with Crippen molar-refractivity contribution < 1.29 is 130 Å². The smallest absolute Gasteiger partial charge is 0.715 e. The summed E-state index contributed by atoms with van der Waals surface area (Å²) in [5.41, 5.74) is 0. The molecule has 1 nitrogen and oxygen atoms in total. The number of nitrogens with zero attached hydrogens (tertiary/aromatic N) is 1. The molecular weight excluding hydrogens is 443 g/mol. The van der Waals surface area contributed by atoms with E-state index < -0.39 is 0 Å². The third-order valence-corrected chi connectivity index (χ3v) is 0.316. The van der Waals surface area contributed by atoms with Gasteiger partial charge in [-0.15, -0.1) is 0 Å². The van der Waals surface area contributed by atoms with Crippen LogP contribution in [0.25, 0.3) is 5.32 Å². The van der Waals surface area contributed by atoms with E-state index in [4.69, 9.17) is 0 Å². The average Bonchev–Trinajstić information content (AvgIpc) is 1.75. The molecule has 7 radical (unpaired) electrons. The maximum atomic E-state index is 3.75. The van der Waals surface area contributed by atoms with Gasteiger partial charge in [-0.1, -0.05) is 0 Å². The molecule has 14 heavy (non-hydrogen) atoms. The molecule has 0 aliphatic heterocycles. The summed E-state index contributed by atoms with van der Waals surface area (Å²) in [6, 6.07) is 0. The van der Waals surface area contributed by atoms with Crippen molar-refractivity contribution in [2.75, 3.05) is 13.1 Å². The van der Waals surface area contributed by atoms with Crippen molar-refractivity contribution in [2.24, 2.45) is 0 Å². The van der Waals surface area contributed by atoms with Gasteiger partial charge in [-0.3, -0.25) is 13.1 Å². The maximum absolute atomic E-state index is 3.75. The summed E-state index contributed by atoms with van der Waals surface area (Å²) in [4.78, 5) is 0. The van der Waals surface area contributed by atoms with Crippen LogP contribution in [0.1, 0.15) is 6.92 Å². The second-order valence-corrected chi connectivity index (χ2v) is 0.671. The van der Waals surface area contributed by atoms with Gasteiger partial charge in [-0.25, -0.2) is 0 Å². The van der Waals surface area contributed by atoms with Gasteiger partial charge in [0, 0.05) is 92.8 Å². The average molecular weight is 456 g/mol. The summed E-state index contributed by atoms with van der Waals surface area (Å²) < 4.78 is 0. The van der Waals surface area contributed by atoms with Gasteiger partial charge in [-0.05, 0) is 0 Å². The van der Waals surface area contributed by atoms with Crippen LogP contribution >= 0.6 is 0 Å². The molecule has 0 saturated carbocycles. The van der Waals surface area contributed by atoms with Gasteiger partial charge in [0.1, 0.15) is 0 Å². The Morgan fingerprint density at radius 3 is 0.857 bits per heavy atom. The van der Waals surface area contributed by atoms with E-state index in [0.717, 1.165) is 0 Å². The minimum absolute atomic E-state index is 0. The molecule has 0 heterocycles. The Kier molecular flexibility index (Phi) is 404. The number of rotatable bonds is 2. The van der Waals surface area contributed by atoms with Crippen molar-refractivity contribution in [2.45, 2.75) is 6.92 Å². The molecule has 0 aromatic rings. The Morgan fingerprint density at radius 2 is 0.857 bits per heavy atom. The molecule has 0 aliphatic rings. The van der Waals surface area contributed by atoms with Gasteiger partial charge in [0.05, 0.1) is 0 Å². The zero-order chi connectivity index (χ0) is 6.12. The quantitative estimate of drug-likeness (QED) is 0.564. The van der Waals surface area contributed by atoms with Gasteiger partial charge < -0.3 is 26.1 Å². The van der Waals surface area contributed by atoms with E-state index >= 15 is 0 Å². The van der Waals surface area contributed by atoms with Crippen LogP contribution in [0.15, 0.2) is 0 Å². The molecule has 0 N–H and O–H groups in total. The first kappa shape index (κ1) is 64.1. The normalized spacial score (nSPS) is 3.43. The Labute approximate surface area is 173 Å². The fraction of sp³-hybridized carbons (Fsp3) is 0.500. The minimum atomic E-state index is 0. The van der Waals surface area contributed by atoms with E-state index in [1.807, 2.05) is 0 Å². The Morgan fingerprint density at radius 1 is 0.714 bits per heavy atom. The SMILES string of the molecule is [CH2-]C.[CH2-]C[N-]C[CH2-].[V+2].[V+2].[V].[V].[V].[V].[V]. The molecule has 0 unspecified atom stereocenters. The van der Waals surface area contributed by atoms with Crippen molar-refractivity contribution in [1.29, 1.82) is 0 Å². The van der Waals surface area contributed by atoms with E-state index in [-0.39, 0.29) is 130 Å². The van der Waals surface area contributed by atoms with E-state index in [9.17, 15) is 0 Å². The van der Waals surface area contributed by atoms with Crippen LogP contribution in [0.4, 0.5) is 0 Å². The van der Waals surface area contributed by atoms with Crippen LogP contribution in [0.2, 0.25) is 0 Å². The van der Waals surface area contributed by atoms with Crippen LogP contribution in [0.3, 0.4) is 0 Å². The summed E-state index contributed by atoms with van der Waals surface area (Å²) in [6.45, 7) is 13.2. The number of hydrogen-bond donors (Lipinski definition) is 0. The summed E-state index contributed by atoms with van der Waals surface area (Å²) in [6.07, 6.45) is 0. The summed E-state index contributed by atoms with van der Waals surface area (Å²) in [5, 5.41) is 3.75. The summed E-state index contributed by atoms with van der Waals surface area (Å²) in [7, 11) is 0. The second kappa shape index (κ2) is 88.4. The fourth-order valence-corrected chi connectivity index (χ4v) is 0.112.